The normalized spacial score (nSPS) is 16.5. The van der Waals surface area contributed by atoms with Crippen molar-refractivity contribution in [3.8, 4) is 0 Å². The lowest BCUT2D eigenvalue weighted by Crippen LogP contribution is -2.50. The van der Waals surface area contributed by atoms with Crippen molar-refractivity contribution in [3.05, 3.63) is 35.4 Å². The first-order valence-corrected chi connectivity index (χ1v) is 9.16. The topological polar surface area (TPSA) is 49.4 Å². The molecule has 1 fully saturated rings. The smallest absolute Gasteiger partial charge is 0.242 e. The van der Waals surface area contributed by atoms with E-state index in [1.807, 2.05) is 39.0 Å². The standard InChI is InChI=1S/C20H30N2O2/c1-4-19(23)22(14-17-10-8-9-15(2)13-17)16(3)20(24)21-18-11-6-5-7-12-18/h8-10,13,16,18H,4-7,11-12,14H2,1-3H3,(H,21,24)/t16-/m1/s1. The highest BCUT2D eigenvalue weighted by molar-refractivity contribution is 5.87. The van der Waals surface area contributed by atoms with Gasteiger partial charge in [0.15, 0.2) is 0 Å². The summed E-state index contributed by atoms with van der Waals surface area (Å²) in [4.78, 5) is 26.7. The molecule has 0 spiro atoms. The number of carbonyl (C=O) groups excluding carboxylic acids is 2. The van der Waals surface area contributed by atoms with Gasteiger partial charge in [0, 0.05) is 19.0 Å². The molecule has 0 unspecified atom stereocenters. The lowest BCUT2D eigenvalue weighted by molar-refractivity contribution is -0.140. The number of rotatable bonds is 6. The van der Waals surface area contributed by atoms with E-state index in [1.54, 1.807) is 4.90 Å². The van der Waals surface area contributed by atoms with Gasteiger partial charge in [0.05, 0.1) is 0 Å². The van der Waals surface area contributed by atoms with Crippen molar-refractivity contribution in [2.75, 3.05) is 0 Å². The molecule has 1 aromatic rings. The van der Waals surface area contributed by atoms with Crippen molar-refractivity contribution in [1.82, 2.24) is 10.2 Å². The number of benzene rings is 1. The molecule has 132 valence electrons. The highest BCUT2D eigenvalue weighted by Crippen LogP contribution is 2.18. The molecule has 1 aliphatic carbocycles. The first-order valence-electron chi connectivity index (χ1n) is 9.16. The van der Waals surface area contributed by atoms with E-state index in [0.717, 1.165) is 24.0 Å². The van der Waals surface area contributed by atoms with Crippen molar-refractivity contribution < 1.29 is 9.59 Å². The monoisotopic (exact) mass is 330 g/mol. The predicted octanol–water partition coefficient (Wildman–Crippen LogP) is 3.57. The quantitative estimate of drug-likeness (QED) is 0.867. The fourth-order valence-corrected chi connectivity index (χ4v) is 3.36. The Kier molecular flexibility index (Phi) is 6.83. The molecule has 1 aliphatic rings. The van der Waals surface area contributed by atoms with Crippen molar-refractivity contribution in [1.29, 1.82) is 0 Å². The first kappa shape index (κ1) is 18.5. The molecule has 2 amide bonds. The molecule has 0 saturated heterocycles. The molecule has 0 aromatic heterocycles. The predicted molar refractivity (Wildman–Crippen MR) is 96.5 cm³/mol. The Hall–Kier alpha value is -1.84. The number of hydrogen-bond acceptors (Lipinski definition) is 2. The minimum Gasteiger partial charge on any atom is -0.352 e. The van der Waals surface area contributed by atoms with Gasteiger partial charge in [0.1, 0.15) is 6.04 Å². The van der Waals surface area contributed by atoms with Gasteiger partial charge in [-0.05, 0) is 32.3 Å². The molecule has 2 rings (SSSR count). The van der Waals surface area contributed by atoms with Crippen LogP contribution in [-0.4, -0.2) is 28.8 Å². The van der Waals surface area contributed by atoms with Crippen LogP contribution in [0.25, 0.3) is 0 Å². The van der Waals surface area contributed by atoms with Gasteiger partial charge in [-0.2, -0.15) is 0 Å². The largest absolute Gasteiger partial charge is 0.352 e. The lowest BCUT2D eigenvalue weighted by atomic mass is 9.95. The number of amides is 2. The number of aryl methyl sites for hydroxylation is 1. The summed E-state index contributed by atoms with van der Waals surface area (Å²) in [6.07, 6.45) is 6.14. The zero-order valence-electron chi connectivity index (χ0n) is 15.2. The lowest BCUT2D eigenvalue weighted by Gasteiger charge is -2.31. The van der Waals surface area contributed by atoms with Crippen molar-refractivity contribution in [2.24, 2.45) is 0 Å². The third kappa shape index (κ3) is 5.08. The second-order valence-corrected chi connectivity index (χ2v) is 6.88. The number of carbonyl (C=O) groups is 2. The maximum Gasteiger partial charge on any atom is 0.242 e. The van der Waals surface area contributed by atoms with Crippen LogP contribution in [0.15, 0.2) is 24.3 Å². The first-order chi connectivity index (χ1) is 11.5. The number of hydrogen-bond donors (Lipinski definition) is 1. The zero-order valence-corrected chi connectivity index (χ0v) is 15.2. The second kappa shape index (κ2) is 8.86. The van der Waals surface area contributed by atoms with Crippen LogP contribution in [0.2, 0.25) is 0 Å². The molecule has 4 heteroatoms. The van der Waals surface area contributed by atoms with Crippen LogP contribution in [-0.2, 0) is 16.1 Å². The van der Waals surface area contributed by atoms with E-state index in [-0.39, 0.29) is 17.9 Å². The highest BCUT2D eigenvalue weighted by Gasteiger charge is 2.27. The van der Waals surface area contributed by atoms with Gasteiger partial charge >= 0.3 is 0 Å². The summed E-state index contributed by atoms with van der Waals surface area (Å²) in [5.74, 6) is -0.0147. The van der Waals surface area contributed by atoms with Gasteiger partial charge in [0.25, 0.3) is 0 Å². The molecule has 1 aromatic carbocycles. The van der Waals surface area contributed by atoms with Gasteiger partial charge < -0.3 is 10.2 Å². The van der Waals surface area contributed by atoms with Crippen molar-refractivity contribution in [2.45, 2.75) is 77.9 Å². The molecule has 0 radical (unpaired) electrons. The van der Waals surface area contributed by atoms with Crippen LogP contribution < -0.4 is 5.32 Å². The van der Waals surface area contributed by atoms with Crippen LogP contribution >= 0.6 is 0 Å². The summed E-state index contributed by atoms with van der Waals surface area (Å²) in [5, 5.41) is 3.14. The third-order valence-corrected chi connectivity index (χ3v) is 4.86. The summed E-state index contributed by atoms with van der Waals surface area (Å²) in [5.41, 5.74) is 2.23. The van der Waals surface area contributed by atoms with E-state index in [4.69, 9.17) is 0 Å². The molecule has 0 bridgehead atoms. The van der Waals surface area contributed by atoms with Gasteiger partial charge in [0.2, 0.25) is 11.8 Å². The zero-order chi connectivity index (χ0) is 17.5. The van der Waals surface area contributed by atoms with Crippen LogP contribution in [0.4, 0.5) is 0 Å². The van der Waals surface area contributed by atoms with Gasteiger partial charge in [-0.1, -0.05) is 56.0 Å². The van der Waals surface area contributed by atoms with Crippen LogP contribution in [0.5, 0.6) is 0 Å². The Labute approximate surface area is 145 Å². The summed E-state index contributed by atoms with van der Waals surface area (Å²) >= 11 is 0. The summed E-state index contributed by atoms with van der Waals surface area (Å²) in [6.45, 7) is 6.20. The fraction of sp³-hybridized carbons (Fsp3) is 0.600. The van der Waals surface area contributed by atoms with Crippen molar-refractivity contribution >= 4 is 11.8 Å². The maximum absolute atomic E-state index is 12.6. The molecule has 24 heavy (non-hydrogen) atoms. The van der Waals surface area contributed by atoms with Gasteiger partial charge in [-0.3, -0.25) is 9.59 Å². The van der Waals surface area contributed by atoms with E-state index in [2.05, 4.69) is 11.4 Å². The average molecular weight is 330 g/mol. The molecule has 1 N–H and O–H groups in total. The summed E-state index contributed by atoms with van der Waals surface area (Å²) in [6, 6.07) is 7.93. The summed E-state index contributed by atoms with van der Waals surface area (Å²) in [7, 11) is 0. The molecule has 1 atom stereocenters. The minimum atomic E-state index is -0.445. The SMILES string of the molecule is CCC(=O)N(Cc1cccc(C)c1)[C@H](C)C(=O)NC1CCCCC1. The molecule has 1 saturated carbocycles. The fourth-order valence-electron chi connectivity index (χ4n) is 3.36. The van der Waals surface area contributed by atoms with Crippen LogP contribution in [0.3, 0.4) is 0 Å². The van der Waals surface area contributed by atoms with E-state index in [9.17, 15) is 9.59 Å². The van der Waals surface area contributed by atoms with E-state index in [0.29, 0.717) is 13.0 Å². The molecule has 4 nitrogen and oxygen atoms in total. The highest BCUT2D eigenvalue weighted by atomic mass is 16.2. The summed E-state index contributed by atoms with van der Waals surface area (Å²) < 4.78 is 0. The van der Waals surface area contributed by atoms with Gasteiger partial charge in [-0.15, -0.1) is 0 Å². The van der Waals surface area contributed by atoms with E-state index < -0.39 is 6.04 Å². The number of nitrogens with zero attached hydrogens (tertiary/aromatic N) is 1. The Morgan fingerprint density at radius 2 is 1.96 bits per heavy atom. The molecule has 0 aliphatic heterocycles. The van der Waals surface area contributed by atoms with Crippen LogP contribution in [0.1, 0.15) is 63.5 Å². The maximum atomic E-state index is 12.6. The van der Waals surface area contributed by atoms with Crippen molar-refractivity contribution in [3.63, 3.8) is 0 Å². The Bertz CT molecular complexity index is 565. The van der Waals surface area contributed by atoms with E-state index in [1.165, 1.54) is 19.3 Å². The second-order valence-electron chi connectivity index (χ2n) is 6.88. The minimum absolute atomic E-state index is 0.0165. The molecule has 0 heterocycles. The molecular formula is C20H30N2O2. The Balaban J connectivity index is 2.05. The third-order valence-electron chi connectivity index (χ3n) is 4.86. The number of nitrogens with one attached hydrogen (secondary N) is 1. The van der Waals surface area contributed by atoms with Crippen LogP contribution in [0, 0.1) is 6.92 Å². The molecular weight excluding hydrogens is 300 g/mol. The van der Waals surface area contributed by atoms with Gasteiger partial charge in [-0.25, -0.2) is 0 Å². The Morgan fingerprint density at radius 3 is 2.58 bits per heavy atom. The van der Waals surface area contributed by atoms with E-state index >= 15 is 0 Å². The average Bonchev–Trinajstić information content (AvgIpc) is 2.59. The Morgan fingerprint density at radius 1 is 1.25 bits per heavy atom.